The lowest BCUT2D eigenvalue weighted by Gasteiger charge is -2.18. The van der Waals surface area contributed by atoms with E-state index in [0.29, 0.717) is 16.3 Å². The van der Waals surface area contributed by atoms with Crippen LogP contribution in [-0.4, -0.2) is 30.8 Å². The number of carbonyl (C=O) groups excluding carboxylic acids is 1. The monoisotopic (exact) mass is 416 g/mol. The second-order valence-electron chi connectivity index (χ2n) is 6.14. The van der Waals surface area contributed by atoms with Gasteiger partial charge >= 0.3 is 6.18 Å². The zero-order chi connectivity index (χ0) is 20.9. The molecule has 0 bridgehead atoms. The van der Waals surface area contributed by atoms with Crippen molar-refractivity contribution in [3.8, 4) is 5.75 Å². The number of nitrogens with one attached hydrogen (secondary N) is 2. The van der Waals surface area contributed by atoms with Crippen LogP contribution in [0.25, 0.3) is 0 Å². The molecule has 0 aromatic heterocycles. The lowest BCUT2D eigenvalue weighted by molar-refractivity contribution is -0.137. The highest BCUT2D eigenvalue weighted by molar-refractivity contribution is 6.32. The Bertz CT molecular complexity index is 844. The number of carbonyl (C=O) groups is 1. The van der Waals surface area contributed by atoms with Gasteiger partial charge in [0.1, 0.15) is 5.75 Å². The summed E-state index contributed by atoms with van der Waals surface area (Å²) >= 11 is 6.03. The zero-order valence-electron chi connectivity index (χ0n) is 15.2. The molecule has 2 rings (SSSR count). The van der Waals surface area contributed by atoms with Crippen molar-refractivity contribution < 1.29 is 27.8 Å². The van der Waals surface area contributed by atoms with Crippen molar-refractivity contribution in [1.29, 1.82) is 0 Å². The van der Waals surface area contributed by atoms with Crippen LogP contribution in [0.2, 0.25) is 5.02 Å². The van der Waals surface area contributed by atoms with Gasteiger partial charge in [0.05, 0.1) is 29.9 Å². The minimum Gasteiger partial charge on any atom is -0.495 e. The predicted octanol–water partition coefficient (Wildman–Crippen LogP) is 4.09. The smallest absolute Gasteiger partial charge is 0.416 e. The fraction of sp³-hybridized carbons (Fsp3) is 0.316. The van der Waals surface area contributed by atoms with Crippen molar-refractivity contribution in [2.75, 3.05) is 19.0 Å². The van der Waals surface area contributed by atoms with E-state index in [9.17, 15) is 18.0 Å². The fourth-order valence-electron chi connectivity index (χ4n) is 2.44. The maximum Gasteiger partial charge on any atom is 0.416 e. The van der Waals surface area contributed by atoms with Gasteiger partial charge in [-0.1, -0.05) is 17.7 Å². The van der Waals surface area contributed by atoms with Gasteiger partial charge in [-0.2, -0.15) is 13.2 Å². The lowest BCUT2D eigenvalue weighted by Crippen LogP contribution is -2.27. The zero-order valence-corrected chi connectivity index (χ0v) is 16.0. The Morgan fingerprint density at radius 3 is 2.54 bits per heavy atom. The standard InChI is InChI=1S/C19H20ClF3N2O3/c1-11(10-26)25-16-5-4-13(19(21,22)23)8-14(16)18(27)24-9-12-3-6-17(28-2)15(20)7-12/h3-8,11,25-26H,9-10H2,1-2H3,(H,24,27)/t11-/m0/s1. The van der Waals surface area contributed by atoms with E-state index in [1.54, 1.807) is 25.1 Å². The average Bonchev–Trinajstić information content (AvgIpc) is 2.65. The Labute approximate surface area is 165 Å². The van der Waals surface area contributed by atoms with Crippen LogP contribution in [0.15, 0.2) is 36.4 Å². The molecule has 0 spiro atoms. The van der Waals surface area contributed by atoms with Gasteiger partial charge in [0.15, 0.2) is 0 Å². The Morgan fingerprint density at radius 2 is 1.96 bits per heavy atom. The number of methoxy groups -OCH3 is 1. The van der Waals surface area contributed by atoms with Crippen LogP contribution in [0.4, 0.5) is 18.9 Å². The van der Waals surface area contributed by atoms with Gasteiger partial charge in [0, 0.05) is 18.3 Å². The van der Waals surface area contributed by atoms with Gasteiger partial charge in [-0.25, -0.2) is 0 Å². The highest BCUT2D eigenvalue weighted by Gasteiger charge is 2.32. The van der Waals surface area contributed by atoms with E-state index in [1.165, 1.54) is 13.2 Å². The highest BCUT2D eigenvalue weighted by atomic mass is 35.5. The van der Waals surface area contributed by atoms with Crippen LogP contribution in [-0.2, 0) is 12.7 Å². The fourth-order valence-corrected chi connectivity index (χ4v) is 2.72. The summed E-state index contributed by atoms with van der Waals surface area (Å²) in [7, 11) is 1.47. The first-order chi connectivity index (χ1) is 13.2. The van der Waals surface area contributed by atoms with Crippen LogP contribution in [0.5, 0.6) is 5.75 Å². The summed E-state index contributed by atoms with van der Waals surface area (Å²) in [5.74, 6) is -0.218. The highest BCUT2D eigenvalue weighted by Crippen LogP contribution is 2.32. The van der Waals surface area contributed by atoms with Crippen molar-refractivity contribution in [3.63, 3.8) is 0 Å². The molecular weight excluding hydrogens is 397 g/mol. The first-order valence-corrected chi connectivity index (χ1v) is 8.72. The molecule has 152 valence electrons. The van der Waals surface area contributed by atoms with Gasteiger partial charge < -0.3 is 20.5 Å². The number of hydrogen-bond acceptors (Lipinski definition) is 4. The molecule has 0 aliphatic carbocycles. The van der Waals surface area contributed by atoms with E-state index in [-0.39, 0.29) is 24.4 Å². The minimum absolute atomic E-state index is 0.0633. The number of hydrogen-bond donors (Lipinski definition) is 3. The number of halogens is 4. The topological polar surface area (TPSA) is 70.6 Å². The number of aliphatic hydroxyl groups is 1. The molecule has 0 unspecified atom stereocenters. The number of rotatable bonds is 7. The number of ether oxygens (including phenoxy) is 1. The first-order valence-electron chi connectivity index (χ1n) is 8.35. The third-order valence-electron chi connectivity index (χ3n) is 3.94. The number of alkyl halides is 3. The van der Waals surface area contributed by atoms with E-state index >= 15 is 0 Å². The molecule has 0 aliphatic rings. The summed E-state index contributed by atoms with van der Waals surface area (Å²) in [4.78, 5) is 12.6. The third-order valence-corrected chi connectivity index (χ3v) is 4.23. The number of benzene rings is 2. The molecule has 3 N–H and O–H groups in total. The number of aliphatic hydroxyl groups excluding tert-OH is 1. The molecule has 5 nitrogen and oxygen atoms in total. The molecule has 0 aliphatic heterocycles. The van der Waals surface area contributed by atoms with Crippen LogP contribution in [0.1, 0.15) is 28.4 Å². The van der Waals surface area contributed by atoms with Crippen molar-refractivity contribution >= 4 is 23.2 Å². The normalized spacial score (nSPS) is 12.4. The van der Waals surface area contributed by atoms with Crippen molar-refractivity contribution in [1.82, 2.24) is 5.32 Å². The summed E-state index contributed by atoms with van der Waals surface area (Å²) < 4.78 is 44.2. The summed E-state index contributed by atoms with van der Waals surface area (Å²) in [6, 6.07) is 7.31. The molecule has 28 heavy (non-hydrogen) atoms. The molecule has 0 heterocycles. The van der Waals surface area contributed by atoms with Gasteiger partial charge in [0.25, 0.3) is 5.91 Å². The Hall–Kier alpha value is -2.45. The van der Waals surface area contributed by atoms with E-state index in [4.69, 9.17) is 21.4 Å². The molecule has 2 aromatic rings. The van der Waals surface area contributed by atoms with Crippen molar-refractivity contribution in [2.45, 2.75) is 25.7 Å². The number of amides is 1. The van der Waals surface area contributed by atoms with E-state index in [2.05, 4.69) is 10.6 Å². The summed E-state index contributed by atoms with van der Waals surface area (Å²) in [5, 5.41) is 14.9. The van der Waals surface area contributed by atoms with E-state index < -0.39 is 23.7 Å². The molecular formula is C19H20ClF3N2O3. The molecule has 0 fully saturated rings. The Balaban J connectivity index is 2.24. The third kappa shape index (κ3) is 5.53. The van der Waals surface area contributed by atoms with Crippen LogP contribution in [0.3, 0.4) is 0 Å². The molecule has 0 saturated heterocycles. The summed E-state index contributed by atoms with van der Waals surface area (Å²) in [6.45, 7) is 1.46. The predicted molar refractivity (Wildman–Crippen MR) is 101 cm³/mol. The quantitative estimate of drug-likeness (QED) is 0.635. The largest absolute Gasteiger partial charge is 0.495 e. The average molecular weight is 417 g/mol. The van der Waals surface area contributed by atoms with Gasteiger partial charge in [0.2, 0.25) is 0 Å². The summed E-state index contributed by atoms with van der Waals surface area (Å²) in [5.41, 5.74) is -0.258. The van der Waals surface area contributed by atoms with Crippen LogP contribution < -0.4 is 15.4 Å². The molecule has 0 saturated carbocycles. The van der Waals surface area contributed by atoms with Gasteiger partial charge in [-0.15, -0.1) is 0 Å². The molecule has 1 atom stereocenters. The Kier molecular flexibility index (Phi) is 7.15. The molecule has 9 heteroatoms. The SMILES string of the molecule is COc1ccc(CNC(=O)c2cc(C(F)(F)F)ccc2N[C@@H](C)CO)cc1Cl. The van der Waals surface area contributed by atoms with Crippen LogP contribution >= 0.6 is 11.6 Å². The molecule has 1 amide bonds. The van der Waals surface area contributed by atoms with E-state index in [1.807, 2.05) is 0 Å². The van der Waals surface area contributed by atoms with Gasteiger partial charge in [-0.05, 0) is 42.8 Å². The number of anilines is 1. The van der Waals surface area contributed by atoms with Crippen molar-refractivity contribution in [2.24, 2.45) is 0 Å². The Morgan fingerprint density at radius 1 is 1.25 bits per heavy atom. The van der Waals surface area contributed by atoms with Gasteiger partial charge in [-0.3, -0.25) is 4.79 Å². The maximum atomic E-state index is 13.0. The second kappa shape index (κ2) is 9.16. The minimum atomic E-state index is -4.58. The lowest BCUT2D eigenvalue weighted by atomic mass is 10.1. The second-order valence-corrected chi connectivity index (χ2v) is 6.54. The summed E-state index contributed by atoms with van der Waals surface area (Å²) in [6.07, 6.45) is -4.58. The molecule has 2 aromatic carbocycles. The van der Waals surface area contributed by atoms with E-state index in [0.717, 1.165) is 12.1 Å². The molecule has 0 radical (unpaired) electrons. The van der Waals surface area contributed by atoms with Crippen molar-refractivity contribution in [3.05, 3.63) is 58.1 Å². The first kappa shape index (κ1) is 21.8. The van der Waals surface area contributed by atoms with Crippen LogP contribution in [0, 0.1) is 0 Å². The maximum absolute atomic E-state index is 13.0.